The Morgan fingerprint density at radius 1 is 1.17 bits per heavy atom. The first kappa shape index (κ1) is 17.3. The quantitative estimate of drug-likeness (QED) is 0.545. The van der Waals surface area contributed by atoms with Crippen molar-refractivity contribution in [1.82, 2.24) is 0 Å². The number of halogens is 2. The summed E-state index contributed by atoms with van der Waals surface area (Å²) in [4.78, 5) is 11.5. The van der Waals surface area contributed by atoms with E-state index in [4.69, 9.17) is 14.2 Å². The van der Waals surface area contributed by atoms with E-state index in [1.54, 1.807) is 25.1 Å². The van der Waals surface area contributed by atoms with Gasteiger partial charge < -0.3 is 14.2 Å². The molecule has 0 bridgehead atoms. The van der Waals surface area contributed by atoms with Crippen LogP contribution >= 0.6 is 15.9 Å². The van der Waals surface area contributed by atoms with Gasteiger partial charge in [-0.1, -0.05) is 13.0 Å². The molecule has 0 saturated heterocycles. The van der Waals surface area contributed by atoms with Gasteiger partial charge in [0.15, 0.2) is 0 Å². The average molecular weight is 383 g/mol. The predicted octanol–water partition coefficient (Wildman–Crippen LogP) is 4.49. The smallest absolute Gasteiger partial charge is 0.310 e. The fourth-order valence-corrected chi connectivity index (χ4v) is 2.38. The predicted molar refractivity (Wildman–Crippen MR) is 87.4 cm³/mol. The Balaban J connectivity index is 2.24. The first-order chi connectivity index (χ1) is 11.0. The van der Waals surface area contributed by atoms with Crippen molar-refractivity contribution in [3.63, 3.8) is 0 Å². The van der Waals surface area contributed by atoms with Gasteiger partial charge in [-0.3, -0.25) is 4.79 Å². The lowest BCUT2D eigenvalue weighted by atomic mass is 10.2. The summed E-state index contributed by atoms with van der Waals surface area (Å²) in [5.74, 6) is 0.700. The number of hydrogen-bond acceptors (Lipinski definition) is 4. The second-order valence-corrected chi connectivity index (χ2v) is 5.48. The van der Waals surface area contributed by atoms with Crippen molar-refractivity contribution in [3.8, 4) is 17.2 Å². The summed E-state index contributed by atoms with van der Waals surface area (Å²) in [5.41, 5.74) is 0.605. The van der Waals surface area contributed by atoms with E-state index >= 15 is 0 Å². The molecule has 0 aromatic heterocycles. The van der Waals surface area contributed by atoms with E-state index in [-0.39, 0.29) is 24.8 Å². The molecule has 0 heterocycles. The Bertz CT molecular complexity index is 703. The molecule has 0 saturated carbocycles. The molecule has 0 radical (unpaired) electrons. The van der Waals surface area contributed by atoms with Crippen molar-refractivity contribution < 1.29 is 23.4 Å². The number of carbonyl (C=O) groups is 1. The molecule has 0 aliphatic rings. The van der Waals surface area contributed by atoms with Crippen molar-refractivity contribution in [2.45, 2.75) is 20.0 Å². The van der Waals surface area contributed by atoms with Gasteiger partial charge in [-0.25, -0.2) is 4.39 Å². The Morgan fingerprint density at radius 2 is 1.91 bits per heavy atom. The van der Waals surface area contributed by atoms with Crippen molar-refractivity contribution in [1.29, 1.82) is 0 Å². The molecule has 122 valence electrons. The highest BCUT2D eigenvalue weighted by molar-refractivity contribution is 9.10. The van der Waals surface area contributed by atoms with Crippen LogP contribution in [0.1, 0.15) is 18.9 Å². The summed E-state index contributed by atoms with van der Waals surface area (Å²) in [6.45, 7) is 1.83. The maximum atomic E-state index is 13.1. The van der Waals surface area contributed by atoms with Gasteiger partial charge in [0.05, 0.1) is 17.1 Å². The Hall–Kier alpha value is -2.08. The maximum Gasteiger partial charge on any atom is 0.310 e. The van der Waals surface area contributed by atoms with Crippen LogP contribution in [0.2, 0.25) is 0 Å². The SMILES string of the molecule is CCC(=O)Oc1cccc(OC)c1COc1ccc(F)cc1Br. The van der Waals surface area contributed by atoms with Crippen LogP contribution in [0.3, 0.4) is 0 Å². The largest absolute Gasteiger partial charge is 0.496 e. The minimum atomic E-state index is -0.362. The highest BCUT2D eigenvalue weighted by Gasteiger charge is 2.14. The Kier molecular flexibility index (Phi) is 5.98. The topological polar surface area (TPSA) is 44.8 Å². The van der Waals surface area contributed by atoms with E-state index in [0.29, 0.717) is 27.3 Å². The Labute approximate surface area is 142 Å². The zero-order valence-electron chi connectivity index (χ0n) is 12.8. The number of methoxy groups -OCH3 is 1. The lowest BCUT2D eigenvalue weighted by molar-refractivity contribution is -0.134. The third-order valence-corrected chi connectivity index (χ3v) is 3.71. The van der Waals surface area contributed by atoms with E-state index in [9.17, 15) is 9.18 Å². The van der Waals surface area contributed by atoms with Gasteiger partial charge in [0.1, 0.15) is 29.7 Å². The third kappa shape index (κ3) is 4.45. The van der Waals surface area contributed by atoms with Gasteiger partial charge in [-0.15, -0.1) is 0 Å². The summed E-state index contributed by atoms with van der Waals surface area (Å²) in [5, 5.41) is 0. The van der Waals surface area contributed by atoms with Crippen LogP contribution in [0.5, 0.6) is 17.2 Å². The second-order valence-electron chi connectivity index (χ2n) is 4.63. The van der Waals surface area contributed by atoms with E-state index in [0.717, 1.165) is 0 Å². The zero-order valence-corrected chi connectivity index (χ0v) is 14.4. The van der Waals surface area contributed by atoms with Gasteiger partial charge in [0.25, 0.3) is 0 Å². The minimum Gasteiger partial charge on any atom is -0.496 e. The molecule has 0 fully saturated rings. The Morgan fingerprint density at radius 3 is 2.57 bits per heavy atom. The molecule has 2 rings (SSSR count). The number of hydrogen-bond donors (Lipinski definition) is 0. The molecule has 0 unspecified atom stereocenters. The standard InChI is InChI=1S/C17H16BrFO4/c1-3-17(20)23-15-6-4-5-14(21-2)12(15)10-22-16-8-7-11(19)9-13(16)18/h4-9H,3,10H2,1-2H3. The van der Waals surface area contributed by atoms with Gasteiger partial charge in [0.2, 0.25) is 0 Å². The molecule has 0 amide bonds. The normalized spacial score (nSPS) is 10.3. The lowest BCUT2D eigenvalue weighted by Crippen LogP contribution is -2.09. The molecule has 0 atom stereocenters. The highest BCUT2D eigenvalue weighted by atomic mass is 79.9. The summed E-state index contributed by atoms with van der Waals surface area (Å²) >= 11 is 3.24. The van der Waals surface area contributed by atoms with Crippen molar-refractivity contribution in [3.05, 3.63) is 52.3 Å². The molecule has 0 aliphatic heterocycles. The summed E-state index contributed by atoms with van der Waals surface area (Å²) in [6, 6.07) is 9.30. The molecule has 23 heavy (non-hydrogen) atoms. The van der Waals surface area contributed by atoms with E-state index in [2.05, 4.69) is 15.9 Å². The number of ether oxygens (including phenoxy) is 3. The number of benzene rings is 2. The molecule has 0 aliphatic carbocycles. The summed E-state index contributed by atoms with van der Waals surface area (Å²) in [7, 11) is 1.53. The minimum absolute atomic E-state index is 0.112. The van der Waals surface area contributed by atoms with Crippen LogP contribution < -0.4 is 14.2 Å². The van der Waals surface area contributed by atoms with Crippen LogP contribution in [0.25, 0.3) is 0 Å². The van der Waals surface area contributed by atoms with Crippen LogP contribution in [-0.2, 0) is 11.4 Å². The summed E-state index contributed by atoms with van der Waals surface area (Å²) in [6.07, 6.45) is 0.265. The van der Waals surface area contributed by atoms with E-state index in [1.165, 1.54) is 25.3 Å². The summed E-state index contributed by atoms with van der Waals surface area (Å²) < 4.78 is 29.9. The van der Waals surface area contributed by atoms with Gasteiger partial charge in [-0.2, -0.15) is 0 Å². The first-order valence-corrected chi connectivity index (χ1v) is 7.78. The van der Waals surface area contributed by atoms with Crippen LogP contribution in [-0.4, -0.2) is 13.1 Å². The van der Waals surface area contributed by atoms with Crippen LogP contribution in [0.4, 0.5) is 4.39 Å². The molecular formula is C17H16BrFO4. The van der Waals surface area contributed by atoms with Crippen molar-refractivity contribution in [2.75, 3.05) is 7.11 Å². The number of carbonyl (C=O) groups excluding carboxylic acids is 1. The van der Waals surface area contributed by atoms with Crippen LogP contribution in [0.15, 0.2) is 40.9 Å². The van der Waals surface area contributed by atoms with Gasteiger partial charge in [-0.05, 0) is 46.3 Å². The third-order valence-electron chi connectivity index (χ3n) is 3.09. The second kappa shape index (κ2) is 7.97. The number of esters is 1. The molecule has 2 aromatic rings. The molecular weight excluding hydrogens is 367 g/mol. The fraction of sp³-hybridized carbons (Fsp3) is 0.235. The van der Waals surface area contributed by atoms with Crippen molar-refractivity contribution >= 4 is 21.9 Å². The van der Waals surface area contributed by atoms with E-state index in [1.807, 2.05) is 0 Å². The molecule has 6 heteroatoms. The highest BCUT2D eigenvalue weighted by Crippen LogP contribution is 2.32. The number of rotatable bonds is 6. The first-order valence-electron chi connectivity index (χ1n) is 6.99. The zero-order chi connectivity index (χ0) is 16.8. The molecule has 2 aromatic carbocycles. The molecule has 0 N–H and O–H groups in total. The average Bonchev–Trinajstić information content (AvgIpc) is 2.54. The monoisotopic (exact) mass is 382 g/mol. The van der Waals surface area contributed by atoms with Gasteiger partial charge in [0, 0.05) is 6.42 Å². The van der Waals surface area contributed by atoms with Gasteiger partial charge >= 0.3 is 5.97 Å². The maximum absolute atomic E-state index is 13.1. The molecule has 4 nitrogen and oxygen atoms in total. The van der Waals surface area contributed by atoms with E-state index < -0.39 is 0 Å². The lowest BCUT2D eigenvalue weighted by Gasteiger charge is -2.15. The molecule has 0 spiro atoms. The van der Waals surface area contributed by atoms with Crippen LogP contribution in [0, 0.1) is 5.82 Å². The fourth-order valence-electron chi connectivity index (χ4n) is 1.91. The van der Waals surface area contributed by atoms with Crippen molar-refractivity contribution in [2.24, 2.45) is 0 Å².